The Morgan fingerprint density at radius 1 is 1.14 bits per heavy atom. The molecule has 0 aliphatic carbocycles. The molecule has 0 fully saturated rings. The molecule has 0 N–H and O–H groups in total. The smallest absolute Gasteiger partial charge is 0.423 e. The van der Waals surface area contributed by atoms with Gasteiger partial charge < -0.3 is 9.47 Å². The predicted octanol–water partition coefficient (Wildman–Crippen LogP) is 1.48. The van der Waals surface area contributed by atoms with E-state index in [0.29, 0.717) is 4.31 Å². The quantitative estimate of drug-likeness (QED) is 0.601. The van der Waals surface area contributed by atoms with Gasteiger partial charge in [-0.2, -0.15) is 4.31 Å². The van der Waals surface area contributed by atoms with Crippen molar-refractivity contribution in [3.63, 3.8) is 0 Å². The third-order valence-electron chi connectivity index (χ3n) is 2.71. The van der Waals surface area contributed by atoms with E-state index >= 15 is 0 Å². The van der Waals surface area contributed by atoms with E-state index in [9.17, 15) is 18.0 Å². The van der Waals surface area contributed by atoms with Crippen LogP contribution in [0.25, 0.3) is 0 Å². The van der Waals surface area contributed by atoms with Crippen LogP contribution in [0, 0.1) is 6.92 Å². The number of ether oxygens (including phenoxy) is 2. The summed E-state index contributed by atoms with van der Waals surface area (Å²) >= 11 is 0. The highest BCUT2D eigenvalue weighted by atomic mass is 32.2. The molecule has 0 unspecified atom stereocenters. The SMILES string of the molecule is COC(=O)/C=C/CN(C(=O)OC)S(=O)(=O)c1ccc(C)cc1. The zero-order chi connectivity index (χ0) is 16.8. The van der Waals surface area contributed by atoms with Crippen LogP contribution in [0.3, 0.4) is 0 Å². The van der Waals surface area contributed by atoms with Crippen LogP contribution < -0.4 is 0 Å². The lowest BCUT2D eigenvalue weighted by Gasteiger charge is -2.19. The molecule has 1 aromatic carbocycles. The van der Waals surface area contributed by atoms with Gasteiger partial charge in [-0.3, -0.25) is 0 Å². The highest BCUT2D eigenvalue weighted by Gasteiger charge is 2.29. The average molecular weight is 327 g/mol. The number of nitrogens with zero attached hydrogens (tertiary/aromatic N) is 1. The van der Waals surface area contributed by atoms with Crippen molar-refractivity contribution in [3.8, 4) is 0 Å². The Labute approximate surface area is 129 Å². The summed E-state index contributed by atoms with van der Waals surface area (Å²) in [5, 5.41) is 0. The molecular formula is C14H17NO6S. The summed E-state index contributed by atoms with van der Waals surface area (Å²) in [5.41, 5.74) is 0.883. The van der Waals surface area contributed by atoms with Gasteiger partial charge in [-0.25, -0.2) is 18.0 Å². The third-order valence-corrected chi connectivity index (χ3v) is 4.46. The largest absolute Gasteiger partial charge is 0.466 e. The average Bonchev–Trinajstić information content (AvgIpc) is 2.50. The van der Waals surface area contributed by atoms with Crippen LogP contribution in [0.2, 0.25) is 0 Å². The molecule has 1 rings (SSSR count). The number of benzene rings is 1. The molecule has 0 spiro atoms. The Balaban J connectivity index is 3.10. The van der Waals surface area contributed by atoms with Crippen molar-refractivity contribution in [3.05, 3.63) is 42.0 Å². The maximum atomic E-state index is 12.5. The van der Waals surface area contributed by atoms with Crippen LogP contribution in [-0.4, -0.2) is 45.5 Å². The fraction of sp³-hybridized carbons (Fsp3) is 0.286. The lowest BCUT2D eigenvalue weighted by Crippen LogP contribution is -2.37. The third kappa shape index (κ3) is 4.32. The molecule has 1 amide bonds. The van der Waals surface area contributed by atoms with Crippen LogP contribution in [0.15, 0.2) is 41.3 Å². The number of methoxy groups -OCH3 is 2. The molecule has 120 valence electrons. The van der Waals surface area contributed by atoms with E-state index in [4.69, 9.17) is 0 Å². The number of carbonyl (C=O) groups is 2. The van der Waals surface area contributed by atoms with Gasteiger partial charge in [0.2, 0.25) is 0 Å². The van der Waals surface area contributed by atoms with Crippen LogP contribution in [0.1, 0.15) is 5.56 Å². The maximum absolute atomic E-state index is 12.5. The van der Waals surface area contributed by atoms with E-state index in [0.717, 1.165) is 18.7 Å². The normalized spacial score (nSPS) is 11.2. The molecule has 1 aromatic rings. The second-order valence-electron chi connectivity index (χ2n) is 4.24. The van der Waals surface area contributed by atoms with E-state index in [-0.39, 0.29) is 11.4 Å². The molecule has 0 aliphatic rings. The van der Waals surface area contributed by atoms with Gasteiger partial charge in [-0.05, 0) is 19.1 Å². The first-order chi connectivity index (χ1) is 10.3. The molecule has 8 heteroatoms. The number of sulfonamides is 1. The summed E-state index contributed by atoms with van der Waals surface area (Å²) in [6, 6.07) is 6.02. The molecule has 22 heavy (non-hydrogen) atoms. The minimum Gasteiger partial charge on any atom is -0.466 e. The monoisotopic (exact) mass is 327 g/mol. The highest BCUT2D eigenvalue weighted by molar-refractivity contribution is 7.89. The van der Waals surface area contributed by atoms with Gasteiger partial charge in [-0.1, -0.05) is 23.8 Å². The van der Waals surface area contributed by atoms with Crippen LogP contribution in [0.5, 0.6) is 0 Å². The van der Waals surface area contributed by atoms with Crippen molar-refractivity contribution in [1.29, 1.82) is 0 Å². The van der Waals surface area contributed by atoms with E-state index in [2.05, 4.69) is 9.47 Å². The summed E-state index contributed by atoms with van der Waals surface area (Å²) in [7, 11) is -1.82. The number of amides is 1. The number of hydrogen-bond acceptors (Lipinski definition) is 6. The van der Waals surface area contributed by atoms with Gasteiger partial charge in [0.25, 0.3) is 10.0 Å². The number of aryl methyl sites for hydroxylation is 1. The fourth-order valence-electron chi connectivity index (χ4n) is 1.52. The summed E-state index contributed by atoms with van der Waals surface area (Å²) in [6.07, 6.45) is 1.19. The summed E-state index contributed by atoms with van der Waals surface area (Å²) < 4.78 is 34.3. The Bertz CT molecular complexity index is 663. The fourth-order valence-corrected chi connectivity index (χ4v) is 2.81. The van der Waals surface area contributed by atoms with Gasteiger partial charge in [0.05, 0.1) is 25.7 Å². The van der Waals surface area contributed by atoms with Crippen molar-refractivity contribution in [2.24, 2.45) is 0 Å². The first-order valence-electron chi connectivity index (χ1n) is 6.24. The van der Waals surface area contributed by atoms with Crippen LogP contribution in [-0.2, 0) is 24.3 Å². The molecular weight excluding hydrogens is 310 g/mol. The van der Waals surface area contributed by atoms with E-state index in [1.165, 1.54) is 25.3 Å². The van der Waals surface area contributed by atoms with Gasteiger partial charge in [0.1, 0.15) is 0 Å². The molecule has 0 atom stereocenters. The number of carbonyl (C=O) groups excluding carboxylic acids is 2. The highest BCUT2D eigenvalue weighted by Crippen LogP contribution is 2.17. The Morgan fingerprint density at radius 3 is 2.23 bits per heavy atom. The lowest BCUT2D eigenvalue weighted by atomic mass is 10.2. The molecule has 0 saturated heterocycles. The standard InChI is InChI=1S/C14H17NO6S/c1-11-6-8-12(9-7-11)22(18,19)15(14(17)21-3)10-4-5-13(16)20-2/h4-9H,10H2,1-3H3/b5-4+. The van der Waals surface area contributed by atoms with Gasteiger partial charge >= 0.3 is 12.1 Å². The minimum absolute atomic E-state index is 0.0463. The Morgan fingerprint density at radius 2 is 1.73 bits per heavy atom. The number of esters is 1. The molecule has 0 radical (unpaired) electrons. The first kappa shape index (κ1) is 17.7. The molecule has 0 bridgehead atoms. The second kappa shape index (κ2) is 7.60. The van der Waals surface area contributed by atoms with E-state index in [1.807, 2.05) is 6.92 Å². The number of rotatable bonds is 5. The second-order valence-corrected chi connectivity index (χ2v) is 6.11. The van der Waals surface area contributed by atoms with Crippen molar-refractivity contribution in [2.45, 2.75) is 11.8 Å². The maximum Gasteiger partial charge on any atom is 0.423 e. The van der Waals surface area contributed by atoms with Crippen molar-refractivity contribution < 1.29 is 27.5 Å². The zero-order valence-corrected chi connectivity index (χ0v) is 13.3. The van der Waals surface area contributed by atoms with E-state index < -0.39 is 22.1 Å². The predicted molar refractivity (Wildman–Crippen MR) is 78.6 cm³/mol. The van der Waals surface area contributed by atoms with Gasteiger partial charge in [0, 0.05) is 6.08 Å². The summed E-state index contributed by atoms with van der Waals surface area (Å²) in [4.78, 5) is 22.7. The van der Waals surface area contributed by atoms with Crippen molar-refractivity contribution in [2.75, 3.05) is 20.8 Å². The topological polar surface area (TPSA) is 90.0 Å². The number of hydrogen-bond donors (Lipinski definition) is 0. The summed E-state index contributed by atoms with van der Waals surface area (Å²) in [6.45, 7) is 1.46. The Hall–Kier alpha value is -2.35. The lowest BCUT2D eigenvalue weighted by molar-refractivity contribution is -0.134. The van der Waals surface area contributed by atoms with Crippen molar-refractivity contribution >= 4 is 22.1 Å². The van der Waals surface area contributed by atoms with Crippen molar-refractivity contribution in [1.82, 2.24) is 4.31 Å². The molecule has 0 saturated carbocycles. The van der Waals surface area contributed by atoms with Crippen LogP contribution in [0.4, 0.5) is 4.79 Å². The molecule has 0 heterocycles. The molecule has 0 aliphatic heterocycles. The van der Waals surface area contributed by atoms with E-state index in [1.54, 1.807) is 12.1 Å². The zero-order valence-electron chi connectivity index (χ0n) is 12.5. The minimum atomic E-state index is -4.08. The first-order valence-corrected chi connectivity index (χ1v) is 7.68. The molecule has 7 nitrogen and oxygen atoms in total. The Kier molecular flexibility index (Phi) is 6.11. The van der Waals surface area contributed by atoms with Crippen LogP contribution >= 0.6 is 0 Å². The van der Waals surface area contributed by atoms with Gasteiger partial charge in [-0.15, -0.1) is 0 Å². The summed E-state index contributed by atoms with van der Waals surface area (Å²) in [5.74, 6) is -0.655. The molecule has 0 aromatic heterocycles. The van der Waals surface area contributed by atoms with Gasteiger partial charge in [0.15, 0.2) is 0 Å².